The molecule has 0 N–H and O–H groups in total. The molecule has 0 aliphatic heterocycles. The lowest BCUT2D eigenvalue weighted by atomic mass is 10.1. The van der Waals surface area contributed by atoms with Gasteiger partial charge < -0.3 is 4.18 Å². The minimum absolute atomic E-state index is 0.570. The maximum absolute atomic E-state index is 12.9. The number of benzene rings is 2. The Balaban J connectivity index is 1.90. The zero-order valence-corrected chi connectivity index (χ0v) is 19.0. The Morgan fingerprint density at radius 3 is 1.64 bits per heavy atom. The molecule has 0 amide bonds. The first-order valence-corrected chi connectivity index (χ1v) is 13.1. The third kappa shape index (κ3) is 7.92. The topological polar surface area (TPSA) is 26.3 Å². The van der Waals surface area contributed by atoms with Crippen LogP contribution in [0.25, 0.3) is 0 Å². The van der Waals surface area contributed by atoms with Crippen LogP contribution in [-0.2, 0) is 32.8 Å². The molecule has 0 bridgehead atoms. The summed E-state index contributed by atoms with van der Waals surface area (Å²) in [6.07, 6.45) is 12.1. The Hall–Kier alpha value is -1.39. The second kappa shape index (κ2) is 12.2. The lowest BCUT2D eigenvalue weighted by Crippen LogP contribution is -2.08. The summed E-state index contributed by atoms with van der Waals surface area (Å²) in [4.78, 5) is 0.573. The molecule has 1 unspecified atom stereocenters. The first-order valence-electron chi connectivity index (χ1n) is 10.7. The molecule has 0 heterocycles. The molecule has 2 nitrogen and oxygen atoms in total. The largest absolute Gasteiger partial charge is 0.397 e. The van der Waals surface area contributed by atoms with Crippen molar-refractivity contribution >= 4 is 20.0 Å². The van der Waals surface area contributed by atoms with E-state index in [1.54, 1.807) is 0 Å². The molecule has 0 saturated heterocycles. The van der Waals surface area contributed by atoms with Gasteiger partial charge >= 0.3 is 0 Å². The average molecular weight is 419 g/mol. The van der Waals surface area contributed by atoms with Gasteiger partial charge in [0.2, 0.25) is 8.77 Å². The zero-order chi connectivity index (χ0) is 20.2. The molecular formula is C24H34O2S2. The van der Waals surface area contributed by atoms with Gasteiger partial charge in [0, 0.05) is 11.2 Å². The van der Waals surface area contributed by atoms with E-state index < -0.39 is 8.77 Å². The van der Waals surface area contributed by atoms with Gasteiger partial charge in [-0.1, -0.05) is 76.6 Å². The number of rotatable bonds is 13. The highest BCUT2D eigenvalue weighted by Gasteiger charge is 2.12. The molecule has 2 aromatic carbocycles. The van der Waals surface area contributed by atoms with Gasteiger partial charge in [0.1, 0.15) is 5.75 Å². The maximum Gasteiger partial charge on any atom is 0.215 e. The molecule has 4 heteroatoms. The summed E-state index contributed by atoms with van der Waals surface area (Å²) >= 11 is 5.29. The predicted octanol–water partition coefficient (Wildman–Crippen LogP) is 7.03. The van der Waals surface area contributed by atoms with Gasteiger partial charge in [0.25, 0.3) is 0 Å². The van der Waals surface area contributed by atoms with Crippen LogP contribution in [0, 0.1) is 0 Å². The van der Waals surface area contributed by atoms with Crippen LogP contribution in [0.15, 0.2) is 53.4 Å². The summed E-state index contributed by atoms with van der Waals surface area (Å²) in [5, 5.41) is 0. The lowest BCUT2D eigenvalue weighted by Gasteiger charge is -2.11. The van der Waals surface area contributed by atoms with Gasteiger partial charge in [0.05, 0.1) is 4.90 Å². The van der Waals surface area contributed by atoms with Crippen molar-refractivity contribution in [1.82, 2.24) is 0 Å². The van der Waals surface area contributed by atoms with Crippen LogP contribution >= 0.6 is 0 Å². The van der Waals surface area contributed by atoms with Crippen LogP contribution in [0.2, 0.25) is 0 Å². The first-order chi connectivity index (χ1) is 13.5. The van der Waals surface area contributed by atoms with Crippen LogP contribution in [0.3, 0.4) is 0 Å². The fraction of sp³-hybridized carbons (Fsp3) is 0.500. The van der Waals surface area contributed by atoms with E-state index in [9.17, 15) is 4.21 Å². The average Bonchev–Trinajstić information content (AvgIpc) is 2.70. The molecule has 0 aliphatic carbocycles. The van der Waals surface area contributed by atoms with E-state index >= 15 is 0 Å². The van der Waals surface area contributed by atoms with Crippen molar-refractivity contribution in [3.63, 3.8) is 0 Å². The van der Waals surface area contributed by atoms with Crippen LogP contribution in [-0.4, -0.2) is 4.21 Å². The highest BCUT2D eigenvalue weighted by molar-refractivity contribution is 8.30. The summed E-state index contributed by atoms with van der Waals surface area (Å²) < 4.78 is 18.6. The van der Waals surface area contributed by atoms with Gasteiger partial charge in [-0.05, 0) is 61.1 Å². The summed E-state index contributed by atoms with van der Waals surface area (Å²) in [7, 11) is -2.96. The Morgan fingerprint density at radius 2 is 1.18 bits per heavy atom. The highest BCUT2D eigenvalue weighted by atomic mass is 32.8. The molecular weight excluding hydrogens is 384 g/mol. The third-order valence-corrected chi connectivity index (χ3v) is 7.02. The van der Waals surface area contributed by atoms with Crippen molar-refractivity contribution in [2.75, 3.05) is 0 Å². The van der Waals surface area contributed by atoms with E-state index in [1.807, 2.05) is 48.5 Å². The Labute approximate surface area is 176 Å². The minimum Gasteiger partial charge on any atom is -0.397 e. The molecule has 2 rings (SSSR count). The van der Waals surface area contributed by atoms with E-state index in [0.29, 0.717) is 10.6 Å². The molecule has 2 aromatic rings. The fourth-order valence-electron chi connectivity index (χ4n) is 3.22. The van der Waals surface area contributed by atoms with Crippen molar-refractivity contribution in [1.29, 1.82) is 0 Å². The Bertz CT molecular complexity index is 778. The number of unbranched alkanes of at least 4 members (excludes halogenated alkanes) is 6. The van der Waals surface area contributed by atoms with E-state index in [1.165, 1.54) is 62.5 Å². The second-order valence-corrected chi connectivity index (χ2v) is 10.3. The lowest BCUT2D eigenvalue weighted by molar-refractivity contribution is 0.559. The quantitative estimate of drug-likeness (QED) is 0.327. The molecule has 154 valence electrons. The number of aryl methyl sites for hydroxylation is 2. The van der Waals surface area contributed by atoms with E-state index in [2.05, 4.69) is 13.8 Å². The first kappa shape index (κ1) is 22.9. The SMILES string of the molecule is CCCCCCc1ccc(OS(=O)(=S)c2ccc(CCCCCC)cc2)cc1. The molecule has 0 spiro atoms. The Kier molecular flexibility index (Phi) is 10.0. The van der Waals surface area contributed by atoms with Crippen molar-refractivity contribution in [2.45, 2.75) is 83.0 Å². The van der Waals surface area contributed by atoms with Gasteiger partial charge in [-0.25, -0.2) is 4.21 Å². The summed E-state index contributed by atoms with van der Waals surface area (Å²) in [5.74, 6) is 0.570. The molecule has 1 atom stereocenters. The summed E-state index contributed by atoms with van der Waals surface area (Å²) in [6.45, 7) is 4.44. The molecule has 0 aromatic heterocycles. The molecule has 0 fully saturated rings. The van der Waals surface area contributed by atoms with Crippen molar-refractivity contribution in [2.24, 2.45) is 0 Å². The molecule has 28 heavy (non-hydrogen) atoms. The smallest absolute Gasteiger partial charge is 0.215 e. The Morgan fingerprint density at radius 1 is 0.714 bits per heavy atom. The van der Waals surface area contributed by atoms with Crippen molar-refractivity contribution < 1.29 is 8.39 Å². The molecule has 0 aliphatic rings. The van der Waals surface area contributed by atoms with Crippen LogP contribution in [0.1, 0.15) is 76.3 Å². The van der Waals surface area contributed by atoms with Crippen molar-refractivity contribution in [3.8, 4) is 5.75 Å². The maximum atomic E-state index is 12.9. The number of hydrogen-bond donors (Lipinski definition) is 0. The highest BCUT2D eigenvalue weighted by Crippen LogP contribution is 2.21. The van der Waals surface area contributed by atoms with Gasteiger partial charge in [0.15, 0.2) is 0 Å². The van der Waals surface area contributed by atoms with Gasteiger partial charge in [-0.2, -0.15) is 0 Å². The van der Waals surface area contributed by atoms with E-state index in [-0.39, 0.29) is 0 Å². The number of hydrogen-bond acceptors (Lipinski definition) is 3. The van der Waals surface area contributed by atoms with Gasteiger partial charge in [-0.3, -0.25) is 0 Å². The monoisotopic (exact) mass is 418 g/mol. The zero-order valence-electron chi connectivity index (χ0n) is 17.3. The summed E-state index contributed by atoms with van der Waals surface area (Å²) in [6, 6.07) is 15.6. The van der Waals surface area contributed by atoms with Crippen LogP contribution in [0.5, 0.6) is 5.75 Å². The van der Waals surface area contributed by atoms with E-state index in [0.717, 1.165) is 12.8 Å². The molecule has 0 radical (unpaired) electrons. The van der Waals surface area contributed by atoms with Gasteiger partial charge in [-0.15, -0.1) is 0 Å². The van der Waals surface area contributed by atoms with E-state index in [4.69, 9.17) is 15.4 Å². The second-order valence-electron chi connectivity index (χ2n) is 7.45. The third-order valence-electron chi connectivity index (χ3n) is 4.98. The normalized spacial score (nSPS) is 13.2. The minimum atomic E-state index is -2.96. The fourth-order valence-corrected chi connectivity index (χ4v) is 4.72. The summed E-state index contributed by atoms with van der Waals surface area (Å²) in [5.41, 5.74) is 2.55. The standard InChI is InChI=1S/C24H34O2S2/c1-3-5-7-9-11-21-13-17-23(18-14-21)26-28(25,27)24-19-15-22(16-20-24)12-10-8-6-4-2/h13-20H,3-12H2,1-2H3. The predicted molar refractivity (Wildman–Crippen MR) is 123 cm³/mol. The van der Waals surface area contributed by atoms with Crippen LogP contribution in [0.4, 0.5) is 0 Å². The van der Waals surface area contributed by atoms with Crippen molar-refractivity contribution in [3.05, 3.63) is 59.7 Å². The van der Waals surface area contributed by atoms with Crippen LogP contribution < -0.4 is 4.18 Å². The molecule has 0 saturated carbocycles.